The van der Waals surface area contributed by atoms with E-state index in [1.54, 1.807) is 84.9 Å². The fourth-order valence-corrected chi connectivity index (χ4v) is 12.7. The third kappa shape index (κ3) is 24.8. The number of ether oxygens (including phenoxy) is 1. The summed E-state index contributed by atoms with van der Waals surface area (Å²) in [4.78, 5) is 130. The number of carboxylic acid groups (broad SMARTS) is 2. The minimum Gasteiger partial charge on any atom is -0.481 e. The zero-order valence-electron chi connectivity index (χ0n) is 57.5. The molecule has 0 saturated heterocycles. The molecule has 1 aliphatic rings. The number of amides is 3. The lowest BCUT2D eigenvalue weighted by molar-refractivity contribution is -0.191. The van der Waals surface area contributed by atoms with E-state index in [9.17, 15) is 53.4 Å². The van der Waals surface area contributed by atoms with Gasteiger partial charge in [-0.2, -0.15) is 9.59 Å². The SMILES string of the molecule is COC(=O)c1ccc(NC(=O)[C@@H](CC(=O)[C@@H](C)CCCc2ccc(-c3ccccc3)cc2)CC(C)C)cc1.O=C(C[C@H](CCCN1C(=O)c2ccccc2C1=O)C(=O)O)c1ccc(-c2ccc(Cl)cc2)cc1.O=C(C[C@H](CSc1ccccc1)C(=O)O)c1ccc(-c2ccc(Cl)cc2)cc1.O=C=O. The van der Waals surface area contributed by atoms with Crippen molar-refractivity contribution in [2.75, 3.05) is 24.7 Å². The highest BCUT2D eigenvalue weighted by Gasteiger charge is 2.35. The van der Waals surface area contributed by atoms with Gasteiger partial charge in [0.15, 0.2) is 11.6 Å². The number of Topliss-reactive ketones (excluding diaryl/α,β-unsaturated/α-hetero) is 3. The molecule has 103 heavy (non-hydrogen) atoms. The number of nitrogens with one attached hydrogen (secondary N) is 1. The average molecular weight is 1440 g/mol. The molecule has 0 unspecified atom stereocenters. The molecule has 530 valence electrons. The Balaban J connectivity index is 0.000000214. The van der Waals surface area contributed by atoms with Crippen molar-refractivity contribution in [1.29, 1.82) is 0 Å². The highest BCUT2D eigenvalue weighted by Crippen LogP contribution is 2.30. The number of rotatable bonds is 30. The first kappa shape index (κ1) is 79.6. The molecule has 9 aromatic carbocycles. The Bertz CT molecular complexity index is 4320. The second-order valence-electron chi connectivity index (χ2n) is 25.1. The van der Waals surface area contributed by atoms with Crippen LogP contribution < -0.4 is 5.32 Å². The summed E-state index contributed by atoms with van der Waals surface area (Å²) in [7, 11) is 1.33. The summed E-state index contributed by atoms with van der Waals surface area (Å²) >= 11 is 13.3. The molecule has 0 aliphatic carbocycles. The molecular weight excluding hydrogens is 1360 g/mol. The quantitative estimate of drug-likeness (QED) is 0.0164. The number of carboxylic acids is 2. The van der Waals surface area contributed by atoms with Gasteiger partial charge in [0.05, 0.1) is 35.6 Å². The molecule has 0 fully saturated rings. The molecular formula is C84H80Cl2N2O14S. The number of carbonyl (C=O) groups excluding carboxylic acids is 9. The van der Waals surface area contributed by atoms with Crippen LogP contribution in [0.4, 0.5) is 5.69 Å². The molecule has 10 rings (SSSR count). The number of halogens is 2. The van der Waals surface area contributed by atoms with Crippen LogP contribution in [0.5, 0.6) is 0 Å². The van der Waals surface area contributed by atoms with E-state index in [1.165, 1.54) is 35.6 Å². The van der Waals surface area contributed by atoms with Crippen LogP contribution in [-0.4, -0.2) is 93.7 Å². The Morgan fingerprint density at radius 3 is 1.37 bits per heavy atom. The fourth-order valence-electron chi connectivity index (χ4n) is 11.5. The van der Waals surface area contributed by atoms with Gasteiger partial charge in [0.2, 0.25) is 5.91 Å². The minimum absolute atomic E-state index is 0.0184. The lowest BCUT2D eigenvalue weighted by Gasteiger charge is -2.20. The molecule has 1 aliphatic heterocycles. The van der Waals surface area contributed by atoms with E-state index in [2.05, 4.69) is 55.6 Å². The summed E-state index contributed by atoms with van der Waals surface area (Å²) in [6.07, 6.45) is 4.06. The van der Waals surface area contributed by atoms with Gasteiger partial charge in [-0.1, -0.05) is 202 Å². The summed E-state index contributed by atoms with van der Waals surface area (Å²) in [5.41, 5.74) is 10.2. The number of hydrogen-bond acceptors (Lipinski definition) is 13. The van der Waals surface area contributed by atoms with E-state index >= 15 is 0 Å². The molecule has 3 N–H and O–H groups in total. The number of esters is 1. The van der Waals surface area contributed by atoms with Crippen molar-refractivity contribution in [2.45, 2.75) is 83.5 Å². The number of imide groups is 1. The van der Waals surface area contributed by atoms with Crippen LogP contribution in [0, 0.1) is 29.6 Å². The summed E-state index contributed by atoms with van der Waals surface area (Å²) < 4.78 is 4.72. The maximum Gasteiger partial charge on any atom is 0.373 e. The summed E-state index contributed by atoms with van der Waals surface area (Å²) in [6.45, 7) is 6.20. The minimum atomic E-state index is -1.08. The van der Waals surface area contributed by atoms with Gasteiger partial charge in [-0.15, -0.1) is 11.8 Å². The highest BCUT2D eigenvalue weighted by molar-refractivity contribution is 7.99. The number of thioether (sulfide) groups is 1. The van der Waals surface area contributed by atoms with Crippen LogP contribution in [0.3, 0.4) is 0 Å². The van der Waals surface area contributed by atoms with Crippen molar-refractivity contribution in [3.63, 3.8) is 0 Å². The Morgan fingerprint density at radius 2 is 0.913 bits per heavy atom. The molecule has 0 radical (unpaired) electrons. The number of aryl methyl sites for hydroxylation is 1. The third-order valence-corrected chi connectivity index (χ3v) is 18.9. The molecule has 1 heterocycles. The first-order valence-electron chi connectivity index (χ1n) is 33.6. The van der Waals surface area contributed by atoms with Crippen LogP contribution in [-0.2, 0) is 39.9 Å². The second-order valence-corrected chi connectivity index (χ2v) is 27.0. The van der Waals surface area contributed by atoms with Crippen molar-refractivity contribution >= 4 is 99.8 Å². The van der Waals surface area contributed by atoms with Gasteiger partial charge in [0.25, 0.3) is 11.8 Å². The second kappa shape index (κ2) is 40.7. The maximum atomic E-state index is 13.1. The fraction of sp³-hybridized carbons (Fsp3) is 0.238. The predicted molar refractivity (Wildman–Crippen MR) is 400 cm³/mol. The molecule has 0 saturated carbocycles. The topological polar surface area (TPSA) is 253 Å². The smallest absolute Gasteiger partial charge is 0.373 e. The van der Waals surface area contributed by atoms with Crippen molar-refractivity contribution in [2.24, 2.45) is 29.6 Å². The van der Waals surface area contributed by atoms with Crippen molar-refractivity contribution in [1.82, 2.24) is 4.90 Å². The van der Waals surface area contributed by atoms with E-state index in [0.717, 1.165) is 51.3 Å². The lowest BCUT2D eigenvalue weighted by atomic mass is 9.86. The molecule has 9 aromatic rings. The molecule has 4 atom stereocenters. The Hall–Kier alpha value is -10.7. The zero-order chi connectivity index (χ0) is 74.4. The predicted octanol–water partition coefficient (Wildman–Crippen LogP) is 18.2. The monoisotopic (exact) mass is 1440 g/mol. The number of benzene rings is 9. The lowest BCUT2D eigenvalue weighted by Crippen LogP contribution is -2.31. The van der Waals surface area contributed by atoms with Crippen LogP contribution in [0.2, 0.25) is 10.0 Å². The number of anilines is 1. The van der Waals surface area contributed by atoms with Gasteiger partial charge >= 0.3 is 24.1 Å². The summed E-state index contributed by atoms with van der Waals surface area (Å²) in [6, 6.07) is 70.7. The Kier molecular flexibility index (Phi) is 31.5. The molecule has 0 aromatic heterocycles. The van der Waals surface area contributed by atoms with Crippen LogP contribution >= 0.6 is 35.0 Å². The van der Waals surface area contributed by atoms with Gasteiger partial charge in [-0.25, -0.2) is 4.79 Å². The summed E-state index contributed by atoms with van der Waals surface area (Å²) in [5.74, 6) is -5.14. The summed E-state index contributed by atoms with van der Waals surface area (Å²) in [5, 5.41) is 23.3. The largest absolute Gasteiger partial charge is 0.481 e. The van der Waals surface area contributed by atoms with Crippen molar-refractivity contribution < 1.29 is 67.7 Å². The van der Waals surface area contributed by atoms with Crippen LogP contribution in [0.25, 0.3) is 33.4 Å². The van der Waals surface area contributed by atoms with Gasteiger partial charge in [-0.3, -0.25) is 43.3 Å². The van der Waals surface area contributed by atoms with E-state index in [-0.39, 0.29) is 85.3 Å². The number of carbonyl (C=O) groups is 9. The number of fused-ring (bicyclic) bond motifs is 1. The number of aliphatic carboxylic acids is 2. The Labute approximate surface area is 613 Å². The zero-order valence-corrected chi connectivity index (χ0v) is 59.8. The Morgan fingerprint density at radius 1 is 0.495 bits per heavy atom. The van der Waals surface area contributed by atoms with Gasteiger partial charge in [0.1, 0.15) is 5.78 Å². The van der Waals surface area contributed by atoms with E-state index in [4.69, 9.17) is 37.5 Å². The first-order valence-corrected chi connectivity index (χ1v) is 35.3. The highest BCUT2D eigenvalue weighted by atomic mass is 35.5. The van der Waals surface area contributed by atoms with E-state index < -0.39 is 35.7 Å². The van der Waals surface area contributed by atoms with Crippen LogP contribution in [0.15, 0.2) is 235 Å². The van der Waals surface area contributed by atoms with E-state index in [1.807, 2.05) is 116 Å². The van der Waals surface area contributed by atoms with Crippen LogP contribution in [0.1, 0.15) is 129 Å². The molecule has 0 spiro atoms. The van der Waals surface area contributed by atoms with E-state index in [0.29, 0.717) is 62.1 Å². The number of ketones is 3. The average Bonchev–Trinajstić information content (AvgIpc) is 1.64. The standard InChI is InChI=1S/C33H39NO4.C27H22ClNO5.C23H19ClO3S.CO2/c1-23(2)21-29(32(36)34-30-19-17-28(18-20-30)33(37)38-4)22-31(35)24(3)9-8-10-25-13-15-27(16-14-25)26-11-6-5-7-12-26;28-21-13-11-18(12-14-21)17-7-9-19(10-8-17)24(30)16-20(27(33)34)4-3-15-29-25(31)22-5-1-2-6-23(22)26(29)32;24-20-12-10-17(11-13-20)16-6-8-18(9-7-16)22(25)14-19(23(26)27)15-28-21-4-2-1-3-5-21;2-1-3/h5-7,11-20,23-24,29H,8-10,21-22H2,1-4H3,(H,34,36);1-2,5-14,20H,3-4,15-16H2,(H,33,34);1-13,19H,14-15H2,(H,26,27);/t24-,29+;20-;19-;/m001./s1. The normalized spacial score (nSPS) is 12.4. The van der Waals surface area contributed by atoms with Crippen molar-refractivity contribution in [3.8, 4) is 33.4 Å². The molecule has 3 amide bonds. The van der Waals surface area contributed by atoms with Gasteiger partial charge < -0.3 is 20.3 Å². The number of nitrogens with zero attached hydrogens (tertiary/aromatic N) is 1. The number of hydrogen-bond donors (Lipinski definition) is 3. The molecule has 0 bridgehead atoms. The van der Waals surface area contributed by atoms with Gasteiger partial charge in [-0.05, 0) is 156 Å². The van der Waals surface area contributed by atoms with Crippen molar-refractivity contribution in [3.05, 3.63) is 274 Å². The number of methoxy groups -OCH3 is 1. The maximum absolute atomic E-state index is 13.1. The first-order chi connectivity index (χ1) is 49.5. The molecule has 16 nitrogen and oxygen atoms in total. The molecule has 19 heteroatoms. The third-order valence-electron chi connectivity index (χ3n) is 17.2. The van der Waals surface area contributed by atoms with Gasteiger partial charge in [0, 0.05) is 75.2 Å².